The van der Waals surface area contributed by atoms with Crippen molar-refractivity contribution in [2.45, 2.75) is 45.7 Å². The van der Waals surface area contributed by atoms with E-state index in [-0.39, 0.29) is 40.7 Å². The van der Waals surface area contributed by atoms with E-state index in [1.165, 1.54) is 17.7 Å². The van der Waals surface area contributed by atoms with E-state index >= 15 is 0 Å². The van der Waals surface area contributed by atoms with Gasteiger partial charge < -0.3 is 15.4 Å². The topological polar surface area (TPSA) is 67.4 Å². The number of ether oxygens (including phenoxy) is 1. The van der Waals surface area contributed by atoms with Crippen molar-refractivity contribution in [2.75, 3.05) is 6.61 Å². The molecule has 0 saturated heterocycles. The molecule has 0 spiro atoms. The third-order valence-electron chi connectivity index (χ3n) is 6.52. The van der Waals surface area contributed by atoms with Crippen molar-refractivity contribution in [2.24, 2.45) is 11.3 Å². The summed E-state index contributed by atoms with van der Waals surface area (Å²) >= 11 is 5.65. The monoisotopic (exact) mass is 444 g/mol. The molecule has 0 aromatic heterocycles. The van der Waals surface area contributed by atoms with Gasteiger partial charge in [-0.2, -0.15) is 0 Å². The number of hydrogen-bond acceptors (Lipinski definition) is 3. The number of halogens is 2. The number of hydrogen-bond donors (Lipinski definition) is 2. The summed E-state index contributed by atoms with van der Waals surface area (Å²) in [6.07, 6.45) is 2.22. The third kappa shape index (κ3) is 4.54. The first kappa shape index (κ1) is 21.6. The first-order valence-corrected chi connectivity index (χ1v) is 10.9. The Morgan fingerprint density at radius 1 is 1.16 bits per heavy atom. The third-order valence-corrected chi connectivity index (χ3v) is 6.83. The number of amides is 2. The van der Waals surface area contributed by atoms with Crippen LogP contribution in [-0.4, -0.2) is 24.5 Å². The smallest absolute Gasteiger partial charge is 0.258 e. The van der Waals surface area contributed by atoms with Gasteiger partial charge in [0.15, 0.2) is 6.61 Å². The molecule has 164 valence electrons. The van der Waals surface area contributed by atoms with Crippen LogP contribution < -0.4 is 15.4 Å². The Balaban J connectivity index is 1.26. The molecule has 2 amide bonds. The van der Waals surface area contributed by atoms with Crippen molar-refractivity contribution in [1.82, 2.24) is 10.6 Å². The van der Waals surface area contributed by atoms with E-state index in [0.29, 0.717) is 18.9 Å². The standard InChI is InChI=1S/C24H26ClFN2O3/c1-14-3-4-15(2)16(7-14)12-27-23(30)24-9-17(10-24)21(11-24)28-22(29)13-31-18-5-6-19(25)20(26)8-18/h3-8,17,21H,9-13H2,1-2H3,(H,27,30)(H,28,29)/t17?,21-,24?/m0/s1. The van der Waals surface area contributed by atoms with Gasteiger partial charge in [-0.25, -0.2) is 4.39 Å². The van der Waals surface area contributed by atoms with Gasteiger partial charge in [0, 0.05) is 18.7 Å². The van der Waals surface area contributed by atoms with Crippen LogP contribution in [0.3, 0.4) is 0 Å². The molecule has 0 aliphatic heterocycles. The summed E-state index contributed by atoms with van der Waals surface area (Å²) in [5.41, 5.74) is 3.07. The van der Waals surface area contributed by atoms with Crippen LogP contribution in [-0.2, 0) is 16.1 Å². The van der Waals surface area contributed by atoms with Crippen molar-refractivity contribution in [1.29, 1.82) is 0 Å². The van der Waals surface area contributed by atoms with Crippen LogP contribution in [0, 0.1) is 31.0 Å². The average Bonchev–Trinajstić information content (AvgIpc) is 3.24. The number of benzene rings is 2. The summed E-state index contributed by atoms with van der Waals surface area (Å²) in [6.45, 7) is 4.38. The minimum absolute atomic E-state index is 0.00339. The molecule has 7 heteroatoms. The van der Waals surface area contributed by atoms with Crippen LogP contribution in [0.15, 0.2) is 36.4 Å². The average molecular weight is 445 g/mol. The number of carbonyl (C=O) groups is 2. The molecule has 2 aromatic carbocycles. The zero-order valence-corrected chi connectivity index (χ0v) is 18.4. The summed E-state index contributed by atoms with van der Waals surface area (Å²) in [5.74, 6) is -0.253. The second-order valence-electron chi connectivity index (χ2n) is 8.80. The van der Waals surface area contributed by atoms with Crippen LogP contribution in [0.4, 0.5) is 4.39 Å². The highest BCUT2D eigenvalue weighted by molar-refractivity contribution is 6.30. The summed E-state index contributed by atoms with van der Waals surface area (Å²) in [6, 6.07) is 10.2. The first-order chi connectivity index (χ1) is 14.8. The second kappa shape index (κ2) is 8.50. The lowest BCUT2D eigenvalue weighted by atomic mass is 9.69. The molecule has 0 unspecified atom stereocenters. The van der Waals surface area contributed by atoms with Gasteiger partial charge in [-0.15, -0.1) is 0 Å². The van der Waals surface area contributed by atoms with Crippen LogP contribution >= 0.6 is 11.6 Å². The highest BCUT2D eigenvalue weighted by Crippen LogP contribution is 2.58. The number of fused-ring (bicyclic) bond motifs is 1. The van der Waals surface area contributed by atoms with Gasteiger partial charge >= 0.3 is 0 Å². The molecule has 3 aliphatic carbocycles. The van der Waals surface area contributed by atoms with Crippen molar-refractivity contribution < 1.29 is 18.7 Å². The van der Waals surface area contributed by atoms with Gasteiger partial charge in [0.1, 0.15) is 11.6 Å². The minimum atomic E-state index is -0.593. The second-order valence-corrected chi connectivity index (χ2v) is 9.21. The van der Waals surface area contributed by atoms with Gasteiger partial charge in [-0.05, 0) is 62.3 Å². The molecule has 2 N–H and O–H groups in total. The van der Waals surface area contributed by atoms with E-state index in [1.54, 1.807) is 0 Å². The first-order valence-electron chi connectivity index (χ1n) is 10.5. The fraction of sp³-hybridized carbons (Fsp3) is 0.417. The molecule has 2 bridgehead atoms. The van der Waals surface area contributed by atoms with Gasteiger partial charge in [0.25, 0.3) is 5.91 Å². The van der Waals surface area contributed by atoms with Crippen LogP contribution in [0.5, 0.6) is 5.75 Å². The fourth-order valence-corrected chi connectivity index (χ4v) is 4.86. The number of rotatable bonds is 7. The molecule has 3 fully saturated rings. The van der Waals surface area contributed by atoms with Crippen molar-refractivity contribution >= 4 is 23.4 Å². The Bertz CT molecular complexity index is 1020. The molecule has 5 rings (SSSR count). The Labute approximate surface area is 186 Å². The maximum atomic E-state index is 13.5. The predicted molar refractivity (Wildman–Crippen MR) is 116 cm³/mol. The van der Waals surface area contributed by atoms with E-state index in [1.807, 2.05) is 13.8 Å². The largest absolute Gasteiger partial charge is 0.484 e. The zero-order valence-electron chi connectivity index (χ0n) is 17.6. The molecule has 31 heavy (non-hydrogen) atoms. The highest BCUT2D eigenvalue weighted by Gasteiger charge is 2.60. The van der Waals surface area contributed by atoms with Gasteiger partial charge in [0.2, 0.25) is 5.91 Å². The van der Waals surface area contributed by atoms with Crippen molar-refractivity contribution in [3.05, 3.63) is 63.9 Å². The maximum absolute atomic E-state index is 13.5. The van der Waals surface area contributed by atoms with E-state index < -0.39 is 5.82 Å². The lowest BCUT2D eigenvalue weighted by Gasteiger charge is -2.36. The summed E-state index contributed by atoms with van der Waals surface area (Å²) in [4.78, 5) is 25.2. The zero-order chi connectivity index (χ0) is 22.2. The number of aryl methyl sites for hydroxylation is 2. The van der Waals surface area contributed by atoms with Crippen molar-refractivity contribution in [3.8, 4) is 5.75 Å². The number of nitrogens with one attached hydrogen (secondary N) is 2. The van der Waals surface area contributed by atoms with Gasteiger partial charge in [0.05, 0.1) is 10.4 Å². The predicted octanol–water partition coefficient (Wildman–Crippen LogP) is 4.08. The van der Waals surface area contributed by atoms with Gasteiger partial charge in [-0.3, -0.25) is 9.59 Å². The summed E-state index contributed by atoms with van der Waals surface area (Å²) < 4.78 is 18.8. The Hall–Kier alpha value is -2.60. The SMILES string of the molecule is Cc1ccc(C)c(CNC(=O)C23CC(C2)[C@@H](NC(=O)COc2ccc(Cl)c(F)c2)C3)c1. The van der Waals surface area contributed by atoms with Crippen LogP contribution in [0.2, 0.25) is 5.02 Å². The summed E-state index contributed by atoms with van der Waals surface area (Å²) in [5, 5.41) is 6.07. The van der Waals surface area contributed by atoms with Crippen LogP contribution in [0.25, 0.3) is 0 Å². The molecule has 2 aromatic rings. The molecular formula is C24H26ClFN2O3. The maximum Gasteiger partial charge on any atom is 0.258 e. The van der Waals surface area contributed by atoms with E-state index in [0.717, 1.165) is 30.0 Å². The molecule has 0 heterocycles. The Morgan fingerprint density at radius 2 is 1.94 bits per heavy atom. The molecular weight excluding hydrogens is 419 g/mol. The molecule has 3 saturated carbocycles. The molecule has 5 nitrogen and oxygen atoms in total. The lowest BCUT2D eigenvalue weighted by Crippen LogP contribution is -2.44. The molecule has 1 atom stereocenters. The molecule has 0 radical (unpaired) electrons. The Morgan fingerprint density at radius 3 is 2.68 bits per heavy atom. The van der Waals surface area contributed by atoms with Gasteiger partial charge in [-0.1, -0.05) is 35.4 Å². The van der Waals surface area contributed by atoms with E-state index in [2.05, 4.69) is 28.8 Å². The lowest BCUT2D eigenvalue weighted by molar-refractivity contribution is -0.135. The molecule has 3 aliphatic rings. The van der Waals surface area contributed by atoms with E-state index in [4.69, 9.17) is 16.3 Å². The van der Waals surface area contributed by atoms with E-state index in [9.17, 15) is 14.0 Å². The van der Waals surface area contributed by atoms with Crippen molar-refractivity contribution in [3.63, 3.8) is 0 Å². The highest BCUT2D eigenvalue weighted by atomic mass is 35.5. The number of carbonyl (C=O) groups excluding carboxylic acids is 2. The Kier molecular flexibility index (Phi) is 5.93. The normalized spacial score (nSPS) is 23.7. The fourth-order valence-electron chi connectivity index (χ4n) is 4.75. The summed E-state index contributed by atoms with van der Waals surface area (Å²) in [7, 11) is 0. The minimum Gasteiger partial charge on any atom is -0.484 e. The quantitative estimate of drug-likeness (QED) is 0.676. The van der Waals surface area contributed by atoms with Crippen LogP contribution in [0.1, 0.15) is 36.0 Å².